The van der Waals surface area contributed by atoms with Gasteiger partial charge < -0.3 is 9.52 Å². The first kappa shape index (κ1) is 19.2. The minimum absolute atomic E-state index is 0.161. The molecule has 3 rings (SSSR count). The molecule has 0 fully saturated rings. The van der Waals surface area contributed by atoms with Gasteiger partial charge in [-0.05, 0) is 36.2 Å². The van der Waals surface area contributed by atoms with Crippen LogP contribution in [-0.2, 0) is 16.6 Å². The highest BCUT2D eigenvalue weighted by molar-refractivity contribution is 7.90. The van der Waals surface area contributed by atoms with Gasteiger partial charge in [-0.1, -0.05) is 23.7 Å². The number of rotatable bonds is 5. The van der Waals surface area contributed by atoms with Gasteiger partial charge in [0.2, 0.25) is 0 Å². The minimum atomic E-state index is -3.63. The summed E-state index contributed by atoms with van der Waals surface area (Å²) in [6, 6.07) is 9.58. The number of aromatic hydroxyl groups is 1. The molecule has 0 aliphatic heterocycles. The van der Waals surface area contributed by atoms with Crippen molar-refractivity contribution >= 4 is 38.5 Å². The van der Waals surface area contributed by atoms with Crippen LogP contribution in [0, 0.1) is 6.92 Å². The van der Waals surface area contributed by atoms with Gasteiger partial charge in [0.15, 0.2) is 0 Å². The molecule has 7 nitrogen and oxygen atoms in total. The lowest BCUT2D eigenvalue weighted by atomic mass is 9.99. The highest BCUT2D eigenvalue weighted by Gasteiger charge is 2.15. The third kappa shape index (κ3) is 4.08. The molecule has 1 aromatic heterocycles. The molecule has 0 radical (unpaired) electrons. The van der Waals surface area contributed by atoms with Crippen LogP contribution in [0.5, 0.6) is 5.75 Å². The van der Waals surface area contributed by atoms with Crippen molar-refractivity contribution in [2.45, 2.75) is 13.3 Å². The van der Waals surface area contributed by atoms with E-state index < -0.39 is 15.8 Å². The molecule has 0 aliphatic rings. The van der Waals surface area contributed by atoms with Gasteiger partial charge in [0.25, 0.3) is 10.2 Å². The van der Waals surface area contributed by atoms with Crippen molar-refractivity contribution in [3.63, 3.8) is 0 Å². The summed E-state index contributed by atoms with van der Waals surface area (Å²) in [6.07, 6.45) is 0.248. The second-order valence-corrected chi connectivity index (χ2v) is 8.01. The molecule has 9 heteroatoms. The molecule has 0 aliphatic carbocycles. The monoisotopic (exact) mass is 408 g/mol. The van der Waals surface area contributed by atoms with E-state index in [0.29, 0.717) is 22.2 Å². The van der Waals surface area contributed by atoms with Crippen molar-refractivity contribution in [2.75, 3.05) is 11.8 Å². The fourth-order valence-electron chi connectivity index (χ4n) is 2.76. The molecule has 0 saturated carbocycles. The summed E-state index contributed by atoms with van der Waals surface area (Å²) in [5.41, 5.74) is 1.94. The number of nitrogens with one attached hydrogen (secondary N) is 2. The Balaban J connectivity index is 2.02. The number of halogens is 1. The molecule has 0 bridgehead atoms. The predicted molar refractivity (Wildman–Crippen MR) is 105 cm³/mol. The first-order chi connectivity index (χ1) is 12.7. The van der Waals surface area contributed by atoms with E-state index in [4.69, 9.17) is 16.0 Å². The molecule has 3 aromatic rings. The highest BCUT2D eigenvalue weighted by atomic mass is 35.5. The second-order valence-electron chi connectivity index (χ2n) is 5.98. The minimum Gasteiger partial charge on any atom is -0.506 e. The third-order valence-corrected chi connectivity index (χ3v) is 5.53. The Bertz CT molecular complexity index is 1190. The van der Waals surface area contributed by atoms with Gasteiger partial charge in [0.1, 0.15) is 11.3 Å². The second kappa shape index (κ2) is 7.22. The first-order valence-electron chi connectivity index (χ1n) is 7.95. The smallest absolute Gasteiger partial charge is 0.340 e. The predicted octanol–water partition coefficient (Wildman–Crippen LogP) is 2.93. The number of aryl methyl sites for hydroxylation is 1. The lowest BCUT2D eigenvalue weighted by molar-refractivity contribution is 0.473. The molecule has 142 valence electrons. The zero-order valence-corrected chi connectivity index (χ0v) is 16.1. The van der Waals surface area contributed by atoms with Gasteiger partial charge in [-0.3, -0.25) is 4.72 Å². The molecule has 3 N–H and O–H groups in total. The summed E-state index contributed by atoms with van der Waals surface area (Å²) in [6.45, 7) is 1.77. The Labute approximate surface area is 160 Å². The first-order valence-corrected chi connectivity index (χ1v) is 9.81. The summed E-state index contributed by atoms with van der Waals surface area (Å²) in [5, 5.41) is 10.5. The van der Waals surface area contributed by atoms with Crippen molar-refractivity contribution in [1.82, 2.24) is 4.72 Å². The van der Waals surface area contributed by atoms with Crippen LogP contribution < -0.4 is 15.1 Å². The number of phenols is 1. The van der Waals surface area contributed by atoms with E-state index in [9.17, 15) is 18.3 Å². The molecule has 0 amide bonds. The van der Waals surface area contributed by atoms with E-state index in [-0.39, 0.29) is 22.8 Å². The Morgan fingerprint density at radius 2 is 1.96 bits per heavy atom. The van der Waals surface area contributed by atoms with Crippen molar-refractivity contribution in [3.8, 4) is 5.75 Å². The van der Waals surface area contributed by atoms with E-state index >= 15 is 0 Å². The van der Waals surface area contributed by atoms with Crippen LogP contribution in [0.1, 0.15) is 16.7 Å². The van der Waals surface area contributed by atoms with Crippen molar-refractivity contribution < 1.29 is 17.9 Å². The van der Waals surface area contributed by atoms with Gasteiger partial charge in [-0.15, -0.1) is 0 Å². The Hall–Kier alpha value is -2.55. The number of benzene rings is 2. The number of phenolic OH excluding ortho intramolecular Hbond substituents is 1. The normalized spacial score (nSPS) is 11.7. The number of hydrogen-bond acceptors (Lipinski definition) is 5. The molecular formula is C18H17ClN2O5S. The molecular weight excluding hydrogens is 392 g/mol. The molecule has 0 unspecified atom stereocenters. The van der Waals surface area contributed by atoms with Crippen molar-refractivity contribution in [3.05, 3.63) is 68.5 Å². The summed E-state index contributed by atoms with van der Waals surface area (Å²) >= 11 is 5.97. The lowest BCUT2D eigenvalue weighted by Gasteiger charge is -2.11. The van der Waals surface area contributed by atoms with Crippen LogP contribution in [-0.4, -0.2) is 20.6 Å². The number of fused-ring (bicyclic) bond motifs is 1. The SMILES string of the molecule is CNS(=O)(=O)Nc1cccc(Cc2c(C)c3cc(Cl)c(O)cc3oc2=O)c1. The summed E-state index contributed by atoms with van der Waals surface area (Å²) in [4.78, 5) is 12.4. The van der Waals surface area contributed by atoms with Crippen LogP contribution >= 0.6 is 11.6 Å². The Kier molecular flexibility index (Phi) is 5.14. The van der Waals surface area contributed by atoms with Gasteiger partial charge >= 0.3 is 5.63 Å². The van der Waals surface area contributed by atoms with E-state index in [1.807, 2.05) is 0 Å². The summed E-state index contributed by atoms with van der Waals surface area (Å²) in [7, 11) is -2.33. The maximum atomic E-state index is 12.4. The molecule has 2 aromatic carbocycles. The maximum Gasteiger partial charge on any atom is 0.340 e. The van der Waals surface area contributed by atoms with Crippen LogP contribution in [0.4, 0.5) is 5.69 Å². The van der Waals surface area contributed by atoms with E-state index in [1.165, 1.54) is 13.1 Å². The van der Waals surface area contributed by atoms with Crippen LogP contribution in [0.25, 0.3) is 11.0 Å². The zero-order valence-electron chi connectivity index (χ0n) is 14.5. The molecule has 1 heterocycles. The molecule has 27 heavy (non-hydrogen) atoms. The fourth-order valence-corrected chi connectivity index (χ4v) is 3.46. The number of hydrogen-bond donors (Lipinski definition) is 3. The fraction of sp³-hybridized carbons (Fsp3) is 0.167. The van der Waals surface area contributed by atoms with E-state index in [1.54, 1.807) is 37.3 Å². The van der Waals surface area contributed by atoms with E-state index in [0.717, 1.165) is 5.56 Å². The van der Waals surface area contributed by atoms with Crippen LogP contribution in [0.15, 0.2) is 45.6 Å². The van der Waals surface area contributed by atoms with Gasteiger partial charge in [0.05, 0.1) is 10.7 Å². The third-order valence-electron chi connectivity index (χ3n) is 4.18. The Morgan fingerprint density at radius 1 is 1.22 bits per heavy atom. The summed E-state index contributed by atoms with van der Waals surface area (Å²) < 4.78 is 33.1. The molecule has 0 atom stereocenters. The molecule has 0 spiro atoms. The van der Waals surface area contributed by atoms with Crippen molar-refractivity contribution in [2.24, 2.45) is 0 Å². The van der Waals surface area contributed by atoms with Crippen molar-refractivity contribution in [1.29, 1.82) is 0 Å². The van der Waals surface area contributed by atoms with Crippen LogP contribution in [0.3, 0.4) is 0 Å². The summed E-state index contributed by atoms with van der Waals surface area (Å²) in [5.74, 6) is -0.163. The maximum absolute atomic E-state index is 12.4. The van der Waals surface area contributed by atoms with Crippen LogP contribution in [0.2, 0.25) is 5.02 Å². The average Bonchev–Trinajstić information content (AvgIpc) is 2.61. The zero-order chi connectivity index (χ0) is 19.8. The Morgan fingerprint density at radius 3 is 2.67 bits per heavy atom. The molecule has 0 saturated heterocycles. The number of anilines is 1. The largest absolute Gasteiger partial charge is 0.506 e. The van der Waals surface area contributed by atoms with Gasteiger partial charge in [-0.2, -0.15) is 8.42 Å². The quantitative estimate of drug-likeness (QED) is 0.562. The lowest BCUT2D eigenvalue weighted by Crippen LogP contribution is -2.26. The van der Waals surface area contributed by atoms with Gasteiger partial charge in [0, 0.05) is 30.5 Å². The highest BCUT2D eigenvalue weighted by Crippen LogP contribution is 2.31. The average molecular weight is 409 g/mol. The van der Waals surface area contributed by atoms with E-state index in [2.05, 4.69) is 9.44 Å². The van der Waals surface area contributed by atoms with Gasteiger partial charge in [-0.25, -0.2) is 9.52 Å². The standard InChI is InChI=1S/C18H17ClN2O5S/c1-10-13-8-15(19)16(22)9-17(13)26-18(23)14(10)7-11-4-3-5-12(6-11)21-27(24,25)20-2/h3-6,8-9,20-22H,7H2,1-2H3. The topological polar surface area (TPSA) is 109 Å².